The van der Waals surface area contributed by atoms with Crippen molar-refractivity contribution in [1.29, 1.82) is 5.26 Å². The van der Waals surface area contributed by atoms with Gasteiger partial charge in [-0.3, -0.25) is 0 Å². The zero-order valence-electron chi connectivity index (χ0n) is 4.32. The molecule has 40 valence electrons. The lowest BCUT2D eigenvalue weighted by molar-refractivity contribution is 0.850. The largest absolute Gasteiger partial charge is 0.197 e. The maximum absolute atomic E-state index is 8.21. The molecule has 0 bridgehead atoms. The Hall–Kier alpha value is 0.220. The molecule has 1 atom stereocenters. The van der Waals surface area contributed by atoms with Crippen LogP contribution < -0.4 is 0 Å². The Morgan fingerprint density at radius 1 is 1.86 bits per heavy atom. The highest BCUT2D eigenvalue weighted by Crippen LogP contribution is 2.05. The molecule has 0 aliphatic heterocycles. The second-order valence-corrected chi connectivity index (χ2v) is 2.89. The van der Waals surface area contributed by atoms with Crippen LogP contribution in [-0.2, 0) is 0 Å². The summed E-state index contributed by atoms with van der Waals surface area (Å²) in [6.45, 7) is 2.09. The summed E-state index contributed by atoms with van der Waals surface area (Å²) in [5.74, 6) is 0. The Morgan fingerprint density at radius 3 is 2.57 bits per heavy atom. The van der Waals surface area contributed by atoms with Gasteiger partial charge in [0, 0.05) is 0 Å². The Balaban J connectivity index is 3.04. The molecule has 1 nitrogen and oxygen atoms in total. The summed E-state index contributed by atoms with van der Waals surface area (Å²) in [6, 6.07) is 2.15. The smallest absolute Gasteiger partial charge is 0.0978 e. The standard InChI is InChI=1S/C5H8IN/c1-2-3-5(6)4-7/h5H,2-3H2,1H3. The van der Waals surface area contributed by atoms with Gasteiger partial charge in [-0.25, -0.2) is 0 Å². The van der Waals surface area contributed by atoms with Gasteiger partial charge in [0.25, 0.3) is 0 Å². The molecule has 0 spiro atoms. The van der Waals surface area contributed by atoms with Crippen LogP contribution in [0, 0.1) is 11.3 Å². The molecule has 0 aliphatic carbocycles. The first-order valence-corrected chi connectivity index (χ1v) is 3.59. The van der Waals surface area contributed by atoms with Gasteiger partial charge >= 0.3 is 0 Å². The molecule has 0 fully saturated rings. The van der Waals surface area contributed by atoms with Gasteiger partial charge in [0.1, 0.15) is 0 Å². The van der Waals surface area contributed by atoms with E-state index in [4.69, 9.17) is 5.26 Å². The number of hydrogen-bond acceptors (Lipinski definition) is 1. The number of nitriles is 1. The minimum absolute atomic E-state index is 0.225. The zero-order chi connectivity index (χ0) is 5.70. The predicted molar refractivity (Wildman–Crippen MR) is 38.3 cm³/mol. The monoisotopic (exact) mass is 209 g/mol. The van der Waals surface area contributed by atoms with Gasteiger partial charge in [-0.1, -0.05) is 35.9 Å². The van der Waals surface area contributed by atoms with Crippen molar-refractivity contribution in [2.24, 2.45) is 0 Å². The lowest BCUT2D eigenvalue weighted by Gasteiger charge is -1.90. The van der Waals surface area contributed by atoms with Crippen LogP contribution in [0.25, 0.3) is 0 Å². The Kier molecular flexibility index (Phi) is 4.52. The molecule has 0 rings (SSSR count). The molecule has 0 saturated carbocycles. The summed E-state index contributed by atoms with van der Waals surface area (Å²) in [7, 11) is 0. The van der Waals surface area contributed by atoms with Crippen LogP contribution in [0.15, 0.2) is 0 Å². The fourth-order valence-corrected chi connectivity index (χ4v) is 0.941. The predicted octanol–water partition coefficient (Wildman–Crippen LogP) is 2.11. The highest BCUT2D eigenvalue weighted by molar-refractivity contribution is 14.1. The molecular formula is C5H8IN. The fourth-order valence-electron chi connectivity index (χ4n) is 0.318. The second-order valence-electron chi connectivity index (χ2n) is 1.39. The number of hydrogen-bond donors (Lipinski definition) is 0. The Bertz CT molecular complexity index is 74.6. The topological polar surface area (TPSA) is 23.8 Å². The van der Waals surface area contributed by atoms with Gasteiger partial charge in [-0.15, -0.1) is 0 Å². The van der Waals surface area contributed by atoms with Crippen molar-refractivity contribution >= 4 is 22.6 Å². The quantitative estimate of drug-likeness (QED) is 0.504. The molecule has 0 radical (unpaired) electrons. The normalized spacial score (nSPS) is 12.7. The number of halogens is 1. The maximum atomic E-state index is 8.21. The minimum atomic E-state index is 0.225. The van der Waals surface area contributed by atoms with E-state index in [1.54, 1.807) is 0 Å². The van der Waals surface area contributed by atoms with E-state index in [0.717, 1.165) is 12.8 Å². The van der Waals surface area contributed by atoms with Gasteiger partial charge in [0.15, 0.2) is 0 Å². The molecule has 0 aliphatic rings. The molecule has 0 aromatic carbocycles. The first kappa shape index (κ1) is 7.22. The van der Waals surface area contributed by atoms with Gasteiger partial charge in [-0.2, -0.15) is 5.26 Å². The number of alkyl halides is 1. The van der Waals surface area contributed by atoms with Crippen molar-refractivity contribution in [2.45, 2.75) is 23.7 Å². The van der Waals surface area contributed by atoms with E-state index in [1.165, 1.54) is 0 Å². The van der Waals surface area contributed by atoms with Crippen LogP contribution in [0.1, 0.15) is 19.8 Å². The third-order valence-corrected chi connectivity index (χ3v) is 1.58. The molecule has 0 N–H and O–H groups in total. The van der Waals surface area contributed by atoms with Crippen LogP contribution in [0.4, 0.5) is 0 Å². The summed E-state index contributed by atoms with van der Waals surface area (Å²) in [5, 5.41) is 8.21. The van der Waals surface area contributed by atoms with Crippen molar-refractivity contribution in [3.8, 4) is 6.07 Å². The second kappa shape index (κ2) is 4.38. The lowest BCUT2D eigenvalue weighted by atomic mass is 10.3. The van der Waals surface area contributed by atoms with E-state index >= 15 is 0 Å². The highest BCUT2D eigenvalue weighted by atomic mass is 127. The molecule has 0 amide bonds. The fraction of sp³-hybridized carbons (Fsp3) is 0.800. The van der Waals surface area contributed by atoms with E-state index in [9.17, 15) is 0 Å². The summed E-state index contributed by atoms with van der Waals surface area (Å²) in [5.41, 5.74) is 0. The summed E-state index contributed by atoms with van der Waals surface area (Å²) in [4.78, 5) is 0. The maximum Gasteiger partial charge on any atom is 0.0978 e. The number of nitrogens with zero attached hydrogens (tertiary/aromatic N) is 1. The van der Waals surface area contributed by atoms with E-state index in [2.05, 4.69) is 35.6 Å². The van der Waals surface area contributed by atoms with Gasteiger partial charge in [0.05, 0.1) is 9.99 Å². The molecule has 0 saturated heterocycles. The molecule has 0 aromatic rings. The van der Waals surface area contributed by atoms with Crippen molar-refractivity contribution in [2.75, 3.05) is 0 Å². The summed E-state index contributed by atoms with van der Waals surface area (Å²) in [6.07, 6.45) is 2.14. The molecule has 0 heterocycles. The third-order valence-electron chi connectivity index (χ3n) is 0.682. The SMILES string of the molecule is CCCC(I)C#N. The van der Waals surface area contributed by atoms with Crippen LogP contribution in [-0.4, -0.2) is 3.92 Å². The van der Waals surface area contributed by atoms with Crippen molar-refractivity contribution in [3.63, 3.8) is 0 Å². The molecular weight excluding hydrogens is 201 g/mol. The van der Waals surface area contributed by atoms with Gasteiger partial charge in [0.2, 0.25) is 0 Å². The van der Waals surface area contributed by atoms with E-state index in [1.807, 2.05) is 0 Å². The van der Waals surface area contributed by atoms with E-state index < -0.39 is 0 Å². The average Bonchev–Trinajstić information content (AvgIpc) is 1.68. The van der Waals surface area contributed by atoms with Crippen LogP contribution >= 0.6 is 22.6 Å². The van der Waals surface area contributed by atoms with Gasteiger partial charge in [-0.05, 0) is 6.42 Å². The third kappa shape index (κ3) is 4.07. The van der Waals surface area contributed by atoms with Crippen molar-refractivity contribution in [1.82, 2.24) is 0 Å². The first-order chi connectivity index (χ1) is 3.31. The van der Waals surface area contributed by atoms with Crippen LogP contribution in [0.2, 0.25) is 0 Å². The van der Waals surface area contributed by atoms with Crippen LogP contribution in [0.3, 0.4) is 0 Å². The molecule has 7 heavy (non-hydrogen) atoms. The lowest BCUT2D eigenvalue weighted by Crippen LogP contribution is -1.88. The molecule has 2 heteroatoms. The van der Waals surface area contributed by atoms with Crippen molar-refractivity contribution in [3.05, 3.63) is 0 Å². The summed E-state index contributed by atoms with van der Waals surface area (Å²) >= 11 is 2.14. The number of rotatable bonds is 2. The van der Waals surface area contributed by atoms with Crippen molar-refractivity contribution < 1.29 is 0 Å². The molecule has 0 aromatic heterocycles. The minimum Gasteiger partial charge on any atom is -0.197 e. The Labute approximate surface area is 57.9 Å². The zero-order valence-corrected chi connectivity index (χ0v) is 6.47. The average molecular weight is 209 g/mol. The first-order valence-electron chi connectivity index (χ1n) is 2.35. The van der Waals surface area contributed by atoms with Gasteiger partial charge < -0.3 is 0 Å². The van der Waals surface area contributed by atoms with E-state index in [0.29, 0.717) is 0 Å². The summed E-state index contributed by atoms with van der Waals surface area (Å²) < 4.78 is 0.225. The van der Waals surface area contributed by atoms with Crippen LogP contribution in [0.5, 0.6) is 0 Å². The molecule has 1 unspecified atom stereocenters. The Morgan fingerprint density at radius 2 is 2.43 bits per heavy atom. The van der Waals surface area contributed by atoms with E-state index in [-0.39, 0.29) is 3.92 Å². The highest BCUT2D eigenvalue weighted by Gasteiger charge is 1.95.